The van der Waals surface area contributed by atoms with E-state index in [2.05, 4.69) is 12.2 Å². The van der Waals surface area contributed by atoms with Gasteiger partial charge >= 0.3 is 12.2 Å². The second kappa shape index (κ2) is 8.75. The summed E-state index contributed by atoms with van der Waals surface area (Å²) in [5.41, 5.74) is -1.42. The molecule has 2 rings (SSSR count). The molecule has 26 heavy (non-hydrogen) atoms. The summed E-state index contributed by atoms with van der Waals surface area (Å²) < 4.78 is 38.2. The maximum Gasteiger partial charge on any atom is 0.416 e. The molecule has 0 radical (unpaired) electrons. The molecule has 1 aromatic rings. The molecule has 0 aliphatic carbocycles. The second-order valence-electron chi connectivity index (χ2n) is 7.03. The van der Waals surface area contributed by atoms with E-state index in [1.165, 1.54) is 12.1 Å². The highest BCUT2D eigenvalue weighted by Gasteiger charge is 2.34. The van der Waals surface area contributed by atoms with E-state index in [9.17, 15) is 23.1 Å². The van der Waals surface area contributed by atoms with Crippen LogP contribution in [0, 0.1) is 0 Å². The third-order valence-electron chi connectivity index (χ3n) is 4.92. The van der Waals surface area contributed by atoms with Gasteiger partial charge in [0, 0.05) is 18.8 Å². The van der Waals surface area contributed by atoms with E-state index in [0.29, 0.717) is 25.9 Å². The number of carbonyl (C=O) groups excluding carboxylic acids is 1. The number of rotatable bonds is 6. The summed E-state index contributed by atoms with van der Waals surface area (Å²) in [6, 6.07) is 4.16. The highest BCUT2D eigenvalue weighted by atomic mass is 19.4. The van der Waals surface area contributed by atoms with Crippen molar-refractivity contribution in [1.82, 2.24) is 4.90 Å². The first-order chi connectivity index (χ1) is 12.2. The Kier molecular flexibility index (Phi) is 6.92. The highest BCUT2D eigenvalue weighted by molar-refractivity contribution is 5.89. The molecule has 4 nitrogen and oxygen atoms in total. The molecule has 1 fully saturated rings. The average Bonchev–Trinajstić information content (AvgIpc) is 2.59. The van der Waals surface area contributed by atoms with Crippen molar-refractivity contribution in [1.29, 1.82) is 0 Å². The maximum atomic E-state index is 12.7. The fraction of sp³-hybridized carbons (Fsp3) is 0.632. The van der Waals surface area contributed by atoms with Crippen LogP contribution in [0.4, 0.5) is 23.7 Å². The molecule has 0 atom stereocenters. The number of amides is 2. The number of anilines is 1. The van der Waals surface area contributed by atoms with Gasteiger partial charge in [0.05, 0.1) is 11.2 Å². The van der Waals surface area contributed by atoms with Crippen LogP contribution in [0.1, 0.15) is 57.4 Å². The van der Waals surface area contributed by atoms with Gasteiger partial charge in [0.2, 0.25) is 0 Å². The fourth-order valence-electron chi connectivity index (χ4n) is 3.23. The number of carbonyl (C=O) groups is 1. The number of aliphatic hydroxyl groups is 1. The number of nitrogens with one attached hydrogen (secondary N) is 1. The fourth-order valence-corrected chi connectivity index (χ4v) is 3.23. The van der Waals surface area contributed by atoms with Crippen LogP contribution in [0.5, 0.6) is 0 Å². The molecule has 0 unspecified atom stereocenters. The first-order valence-electron chi connectivity index (χ1n) is 9.19. The maximum absolute atomic E-state index is 12.7. The number of piperidine rings is 1. The number of unbranched alkanes of at least 4 members (excludes halogenated alkanes) is 3. The molecule has 7 heteroatoms. The molecule has 0 aromatic heterocycles. The van der Waals surface area contributed by atoms with Crippen LogP contribution in [-0.4, -0.2) is 34.7 Å². The molecule has 146 valence electrons. The molecule has 1 aromatic carbocycles. The van der Waals surface area contributed by atoms with Crippen molar-refractivity contribution in [3.8, 4) is 0 Å². The number of hydrogen-bond donors (Lipinski definition) is 2. The standard InChI is InChI=1S/C19H27F3N2O2/c1-2-3-4-5-9-18(26)10-12-24(13-11-18)17(25)23-16-8-6-7-15(14-16)19(20,21)22/h6-8,14,26H,2-5,9-13H2,1H3,(H,23,25). The predicted octanol–water partition coefficient (Wildman–Crippen LogP) is 5.03. The highest BCUT2D eigenvalue weighted by Crippen LogP contribution is 2.31. The first kappa shape index (κ1) is 20.6. The molecule has 0 saturated carbocycles. The minimum absolute atomic E-state index is 0.116. The Labute approximate surface area is 152 Å². The molecule has 1 heterocycles. The van der Waals surface area contributed by atoms with E-state index < -0.39 is 23.4 Å². The van der Waals surface area contributed by atoms with Crippen molar-refractivity contribution in [2.45, 2.75) is 63.6 Å². The van der Waals surface area contributed by atoms with E-state index in [1.54, 1.807) is 4.90 Å². The minimum Gasteiger partial charge on any atom is -0.390 e. The number of hydrogen-bond acceptors (Lipinski definition) is 2. The van der Waals surface area contributed by atoms with Gasteiger partial charge in [0.15, 0.2) is 0 Å². The summed E-state index contributed by atoms with van der Waals surface area (Å²) in [5, 5.41) is 13.1. The molecule has 2 amide bonds. The molecular formula is C19H27F3N2O2. The summed E-state index contributed by atoms with van der Waals surface area (Å²) >= 11 is 0. The average molecular weight is 372 g/mol. The van der Waals surface area contributed by atoms with Crippen LogP contribution < -0.4 is 5.32 Å². The molecule has 1 saturated heterocycles. The smallest absolute Gasteiger partial charge is 0.390 e. The van der Waals surface area contributed by atoms with Crippen LogP contribution >= 0.6 is 0 Å². The third kappa shape index (κ3) is 5.90. The lowest BCUT2D eigenvalue weighted by atomic mass is 9.86. The van der Waals surface area contributed by atoms with Crippen molar-refractivity contribution < 1.29 is 23.1 Å². The molecular weight excluding hydrogens is 345 g/mol. The SMILES string of the molecule is CCCCCCC1(O)CCN(C(=O)Nc2cccc(C(F)(F)F)c2)CC1. The number of alkyl halides is 3. The summed E-state index contributed by atoms with van der Waals surface area (Å²) in [6.07, 6.45) is 1.64. The summed E-state index contributed by atoms with van der Waals surface area (Å²) in [4.78, 5) is 13.8. The van der Waals surface area contributed by atoms with Crippen molar-refractivity contribution in [3.05, 3.63) is 29.8 Å². The van der Waals surface area contributed by atoms with E-state index in [4.69, 9.17) is 0 Å². The largest absolute Gasteiger partial charge is 0.416 e. The lowest BCUT2D eigenvalue weighted by Gasteiger charge is -2.38. The van der Waals surface area contributed by atoms with Crippen molar-refractivity contribution in [3.63, 3.8) is 0 Å². The number of halogens is 3. The zero-order valence-corrected chi connectivity index (χ0v) is 15.1. The lowest BCUT2D eigenvalue weighted by molar-refractivity contribution is -0.137. The second-order valence-corrected chi connectivity index (χ2v) is 7.03. The number of benzene rings is 1. The molecule has 0 spiro atoms. The lowest BCUT2D eigenvalue weighted by Crippen LogP contribution is -2.48. The van der Waals surface area contributed by atoms with Crippen molar-refractivity contribution >= 4 is 11.7 Å². The summed E-state index contributed by atoms with van der Waals surface area (Å²) in [7, 11) is 0. The van der Waals surface area contributed by atoms with Gasteiger partial charge in [0.1, 0.15) is 0 Å². The van der Waals surface area contributed by atoms with Gasteiger partial charge in [-0.15, -0.1) is 0 Å². The van der Waals surface area contributed by atoms with Gasteiger partial charge in [-0.25, -0.2) is 4.79 Å². The predicted molar refractivity (Wildman–Crippen MR) is 95.0 cm³/mol. The monoisotopic (exact) mass is 372 g/mol. The Morgan fingerprint density at radius 1 is 1.23 bits per heavy atom. The van der Waals surface area contributed by atoms with Gasteiger partial charge in [-0.3, -0.25) is 0 Å². The minimum atomic E-state index is -4.44. The summed E-state index contributed by atoms with van der Waals surface area (Å²) in [6.45, 7) is 2.93. The van der Waals surface area contributed by atoms with Crippen LogP contribution in [0.3, 0.4) is 0 Å². The Hall–Kier alpha value is -1.76. The first-order valence-corrected chi connectivity index (χ1v) is 9.19. The molecule has 2 N–H and O–H groups in total. The molecule has 0 bridgehead atoms. The van der Waals surface area contributed by atoms with Crippen molar-refractivity contribution in [2.24, 2.45) is 0 Å². The van der Waals surface area contributed by atoms with Gasteiger partial charge in [-0.1, -0.05) is 38.7 Å². The normalized spacial score (nSPS) is 17.2. The van der Waals surface area contributed by atoms with Crippen molar-refractivity contribution in [2.75, 3.05) is 18.4 Å². The Morgan fingerprint density at radius 3 is 2.54 bits per heavy atom. The van der Waals surface area contributed by atoms with Gasteiger partial charge < -0.3 is 15.3 Å². The summed E-state index contributed by atoms with van der Waals surface area (Å²) in [5.74, 6) is 0. The van der Waals surface area contributed by atoms with E-state index in [-0.39, 0.29) is 5.69 Å². The zero-order chi connectivity index (χ0) is 19.2. The van der Waals surface area contributed by atoms with E-state index in [1.807, 2.05) is 0 Å². The van der Waals surface area contributed by atoms with Crippen LogP contribution in [0.25, 0.3) is 0 Å². The third-order valence-corrected chi connectivity index (χ3v) is 4.92. The van der Waals surface area contributed by atoms with Gasteiger partial charge in [-0.2, -0.15) is 13.2 Å². The van der Waals surface area contributed by atoms with E-state index in [0.717, 1.165) is 44.2 Å². The Bertz CT molecular complexity index is 597. The number of urea groups is 1. The Morgan fingerprint density at radius 2 is 1.92 bits per heavy atom. The van der Waals surface area contributed by atoms with Gasteiger partial charge in [-0.05, 0) is 37.5 Å². The number of nitrogens with zero attached hydrogens (tertiary/aromatic N) is 1. The van der Waals surface area contributed by atoms with Crippen LogP contribution in [-0.2, 0) is 6.18 Å². The molecule has 1 aliphatic rings. The van der Waals surface area contributed by atoms with Crippen LogP contribution in [0.2, 0.25) is 0 Å². The zero-order valence-electron chi connectivity index (χ0n) is 15.1. The quantitative estimate of drug-likeness (QED) is 0.688. The van der Waals surface area contributed by atoms with E-state index >= 15 is 0 Å². The van der Waals surface area contributed by atoms with Crippen LogP contribution in [0.15, 0.2) is 24.3 Å². The number of likely N-dealkylation sites (tertiary alicyclic amines) is 1. The Balaban J connectivity index is 1.85. The van der Waals surface area contributed by atoms with Gasteiger partial charge in [0.25, 0.3) is 0 Å². The molecule has 1 aliphatic heterocycles. The topological polar surface area (TPSA) is 52.6 Å².